The van der Waals surface area contributed by atoms with E-state index in [0.29, 0.717) is 5.41 Å². The van der Waals surface area contributed by atoms with Gasteiger partial charge in [-0.2, -0.15) is 0 Å². The van der Waals surface area contributed by atoms with Crippen LogP contribution in [0.4, 0.5) is 5.69 Å². The van der Waals surface area contributed by atoms with Crippen LogP contribution in [0.2, 0.25) is 0 Å². The molecule has 1 atom stereocenters. The summed E-state index contributed by atoms with van der Waals surface area (Å²) in [5, 5.41) is 3.54. The van der Waals surface area contributed by atoms with Gasteiger partial charge in [0, 0.05) is 30.9 Å². The maximum Gasteiger partial charge on any atom is 0.0366 e. The molecule has 0 aliphatic carbocycles. The molecule has 0 bridgehead atoms. The predicted molar refractivity (Wildman–Crippen MR) is 92.8 cm³/mol. The Bertz CT molecular complexity index is 448. The topological polar surface area (TPSA) is 15.3 Å². The summed E-state index contributed by atoms with van der Waals surface area (Å²) in [7, 11) is 0. The SMILES string of the molecule is CC(C)(C)NCc1ccc(N2CCC(C(C)(C)C)C2)cc1. The van der Waals surface area contributed by atoms with Gasteiger partial charge in [0.05, 0.1) is 0 Å². The van der Waals surface area contributed by atoms with E-state index >= 15 is 0 Å². The molecule has 0 aromatic heterocycles. The second-order valence-corrected chi connectivity index (χ2v) is 8.57. The molecule has 1 unspecified atom stereocenters. The third kappa shape index (κ3) is 4.74. The number of nitrogens with zero attached hydrogens (tertiary/aromatic N) is 1. The molecule has 0 radical (unpaired) electrons. The van der Waals surface area contributed by atoms with Gasteiger partial charge in [0.15, 0.2) is 0 Å². The molecule has 2 rings (SSSR count). The minimum absolute atomic E-state index is 0.174. The van der Waals surface area contributed by atoms with Crippen molar-refractivity contribution in [3.8, 4) is 0 Å². The standard InChI is InChI=1S/C19H32N2/c1-18(2,3)16-11-12-21(14-16)17-9-7-15(8-10-17)13-20-19(4,5)6/h7-10,16,20H,11-14H2,1-6H3. The van der Waals surface area contributed by atoms with E-state index in [0.717, 1.165) is 12.5 Å². The van der Waals surface area contributed by atoms with Crippen molar-refractivity contribution in [1.82, 2.24) is 5.32 Å². The van der Waals surface area contributed by atoms with Gasteiger partial charge in [0.2, 0.25) is 0 Å². The van der Waals surface area contributed by atoms with Gasteiger partial charge in [-0.05, 0) is 56.2 Å². The van der Waals surface area contributed by atoms with Gasteiger partial charge in [-0.25, -0.2) is 0 Å². The first kappa shape index (κ1) is 16.4. The van der Waals surface area contributed by atoms with Gasteiger partial charge in [-0.1, -0.05) is 32.9 Å². The second kappa shape index (κ2) is 6.00. The number of anilines is 1. The van der Waals surface area contributed by atoms with Crippen LogP contribution in [0, 0.1) is 11.3 Å². The Morgan fingerprint density at radius 2 is 1.67 bits per heavy atom. The number of rotatable bonds is 3. The fourth-order valence-corrected chi connectivity index (χ4v) is 2.89. The summed E-state index contributed by atoms with van der Waals surface area (Å²) in [4.78, 5) is 2.54. The van der Waals surface area contributed by atoms with Crippen molar-refractivity contribution in [2.45, 2.75) is 60.0 Å². The molecule has 1 aliphatic heterocycles. The molecular formula is C19H32N2. The molecule has 2 heteroatoms. The normalized spacial score (nSPS) is 20.1. The zero-order valence-corrected chi connectivity index (χ0v) is 14.7. The Kier molecular flexibility index (Phi) is 4.67. The van der Waals surface area contributed by atoms with Crippen LogP contribution in [-0.2, 0) is 6.54 Å². The predicted octanol–water partition coefficient (Wildman–Crippen LogP) is 4.45. The number of hydrogen-bond donors (Lipinski definition) is 1. The monoisotopic (exact) mass is 288 g/mol. The smallest absolute Gasteiger partial charge is 0.0366 e. The van der Waals surface area contributed by atoms with Crippen molar-refractivity contribution in [2.24, 2.45) is 11.3 Å². The first-order valence-electron chi connectivity index (χ1n) is 8.24. The van der Waals surface area contributed by atoms with E-state index in [1.54, 1.807) is 0 Å². The van der Waals surface area contributed by atoms with Gasteiger partial charge in [0.1, 0.15) is 0 Å². The maximum atomic E-state index is 3.54. The number of benzene rings is 1. The lowest BCUT2D eigenvalue weighted by atomic mass is 9.80. The van der Waals surface area contributed by atoms with E-state index in [4.69, 9.17) is 0 Å². The lowest BCUT2D eigenvalue weighted by molar-refractivity contribution is 0.263. The zero-order chi connectivity index (χ0) is 15.7. The van der Waals surface area contributed by atoms with E-state index in [1.165, 1.54) is 30.8 Å². The highest BCUT2D eigenvalue weighted by Gasteiger charge is 2.31. The summed E-state index contributed by atoms with van der Waals surface area (Å²) in [6.45, 7) is 17.0. The molecule has 1 N–H and O–H groups in total. The van der Waals surface area contributed by atoms with Crippen molar-refractivity contribution in [3.63, 3.8) is 0 Å². The molecule has 0 spiro atoms. The van der Waals surface area contributed by atoms with Crippen LogP contribution >= 0.6 is 0 Å². The molecule has 1 fully saturated rings. The third-order valence-electron chi connectivity index (χ3n) is 4.54. The lowest BCUT2D eigenvalue weighted by Gasteiger charge is -2.27. The quantitative estimate of drug-likeness (QED) is 0.884. The van der Waals surface area contributed by atoms with Crippen LogP contribution in [0.15, 0.2) is 24.3 Å². The van der Waals surface area contributed by atoms with Gasteiger partial charge in [-0.3, -0.25) is 0 Å². The minimum Gasteiger partial charge on any atom is -0.371 e. The average molecular weight is 288 g/mol. The Hall–Kier alpha value is -1.02. The van der Waals surface area contributed by atoms with Crippen molar-refractivity contribution >= 4 is 5.69 Å². The highest BCUT2D eigenvalue weighted by molar-refractivity contribution is 5.48. The molecule has 2 nitrogen and oxygen atoms in total. The fourth-order valence-electron chi connectivity index (χ4n) is 2.89. The molecule has 1 aromatic rings. The largest absolute Gasteiger partial charge is 0.371 e. The van der Waals surface area contributed by atoms with Crippen LogP contribution in [0.3, 0.4) is 0 Å². The van der Waals surface area contributed by atoms with Gasteiger partial charge < -0.3 is 10.2 Å². The molecule has 21 heavy (non-hydrogen) atoms. The zero-order valence-electron chi connectivity index (χ0n) is 14.7. The minimum atomic E-state index is 0.174. The van der Waals surface area contributed by atoms with Crippen LogP contribution < -0.4 is 10.2 Å². The Balaban J connectivity index is 1.94. The third-order valence-corrected chi connectivity index (χ3v) is 4.54. The van der Waals surface area contributed by atoms with Crippen molar-refractivity contribution in [2.75, 3.05) is 18.0 Å². The second-order valence-electron chi connectivity index (χ2n) is 8.57. The maximum absolute atomic E-state index is 3.54. The first-order valence-corrected chi connectivity index (χ1v) is 8.24. The van der Waals surface area contributed by atoms with E-state index < -0.39 is 0 Å². The van der Waals surface area contributed by atoms with Gasteiger partial charge >= 0.3 is 0 Å². The number of hydrogen-bond acceptors (Lipinski definition) is 2. The van der Waals surface area contributed by atoms with Crippen molar-refractivity contribution in [3.05, 3.63) is 29.8 Å². The lowest BCUT2D eigenvalue weighted by Crippen LogP contribution is -2.35. The first-order chi connectivity index (χ1) is 9.65. The molecular weight excluding hydrogens is 256 g/mol. The summed E-state index contributed by atoms with van der Waals surface area (Å²) >= 11 is 0. The van der Waals surface area contributed by atoms with Crippen molar-refractivity contribution < 1.29 is 0 Å². The Morgan fingerprint density at radius 1 is 1.05 bits per heavy atom. The molecule has 118 valence electrons. The molecule has 0 saturated carbocycles. The summed E-state index contributed by atoms with van der Waals surface area (Å²) in [5.74, 6) is 0.805. The van der Waals surface area contributed by atoms with E-state index in [2.05, 4.69) is 76.0 Å². The van der Waals surface area contributed by atoms with Crippen LogP contribution in [0.25, 0.3) is 0 Å². The fraction of sp³-hybridized carbons (Fsp3) is 0.684. The Morgan fingerprint density at radius 3 is 2.14 bits per heavy atom. The average Bonchev–Trinajstić information content (AvgIpc) is 2.85. The van der Waals surface area contributed by atoms with E-state index in [-0.39, 0.29) is 5.54 Å². The van der Waals surface area contributed by atoms with Gasteiger partial charge in [-0.15, -0.1) is 0 Å². The Labute approximate surface area is 130 Å². The van der Waals surface area contributed by atoms with Crippen LogP contribution in [-0.4, -0.2) is 18.6 Å². The molecule has 1 aliphatic rings. The summed E-state index contributed by atoms with van der Waals surface area (Å²) in [5.41, 5.74) is 3.33. The molecule has 1 saturated heterocycles. The number of nitrogens with one attached hydrogen (secondary N) is 1. The highest BCUT2D eigenvalue weighted by Crippen LogP contribution is 2.35. The van der Waals surface area contributed by atoms with Crippen molar-refractivity contribution in [1.29, 1.82) is 0 Å². The highest BCUT2D eigenvalue weighted by atomic mass is 15.2. The molecule has 1 aromatic carbocycles. The van der Waals surface area contributed by atoms with E-state index in [1.807, 2.05) is 0 Å². The molecule has 1 heterocycles. The van der Waals surface area contributed by atoms with Gasteiger partial charge in [0.25, 0.3) is 0 Å². The summed E-state index contributed by atoms with van der Waals surface area (Å²) < 4.78 is 0. The van der Waals surface area contributed by atoms with Crippen LogP contribution in [0.1, 0.15) is 53.5 Å². The molecule has 0 amide bonds. The summed E-state index contributed by atoms with van der Waals surface area (Å²) in [6, 6.07) is 9.09. The summed E-state index contributed by atoms with van der Waals surface area (Å²) in [6.07, 6.45) is 1.32. The van der Waals surface area contributed by atoms with Crippen LogP contribution in [0.5, 0.6) is 0 Å². The van der Waals surface area contributed by atoms with E-state index in [9.17, 15) is 0 Å².